The monoisotopic (exact) mass is 348 g/mol. The minimum Gasteiger partial charge on any atom is -0.339 e. The van der Waals surface area contributed by atoms with Crippen molar-refractivity contribution in [3.05, 3.63) is 0 Å². The SMILES string of the molecule is CNC(=O)N(O)C1CCOP(=O)(N(CCCl)CCCl)N1. The highest BCUT2D eigenvalue weighted by Crippen LogP contribution is 2.49. The van der Waals surface area contributed by atoms with E-state index in [1.54, 1.807) is 0 Å². The fourth-order valence-corrected chi connectivity index (χ4v) is 4.48. The number of nitrogens with zero attached hydrogens (tertiary/aromatic N) is 2. The van der Waals surface area contributed by atoms with Crippen LogP contribution in [0.5, 0.6) is 0 Å². The molecule has 0 bridgehead atoms. The first-order valence-electron chi connectivity index (χ1n) is 6.08. The average molecular weight is 349 g/mol. The molecule has 118 valence electrons. The van der Waals surface area contributed by atoms with Gasteiger partial charge in [-0.1, -0.05) is 0 Å². The molecule has 1 heterocycles. The summed E-state index contributed by atoms with van der Waals surface area (Å²) in [5.41, 5.74) is 0. The zero-order valence-corrected chi connectivity index (χ0v) is 13.5. The van der Waals surface area contributed by atoms with Gasteiger partial charge in [-0.2, -0.15) is 5.06 Å². The minimum absolute atomic E-state index is 0.143. The molecule has 3 N–H and O–H groups in total. The van der Waals surface area contributed by atoms with Crippen LogP contribution in [0, 0.1) is 0 Å². The zero-order valence-electron chi connectivity index (χ0n) is 11.1. The van der Waals surface area contributed by atoms with E-state index in [4.69, 9.17) is 27.7 Å². The first-order valence-corrected chi connectivity index (χ1v) is 8.72. The molecule has 2 atom stereocenters. The van der Waals surface area contributed by atoms with Crippen LogP contribution in [0.3, 0.4) is 0 Å². The van der Waals surface area contributed by atoms with Crippen molar-refractivity contribution in [1.82, 2.24) is 20.1 Å². The second-order valence-corrected chi connectivity index (χ2v) is 6.90. The van der Waals surface area contributed by atoms with Crippen molar-refractivity contribution >= 4 is 36.9 Å². The summed E-state index contributed by atoms with van der Waals surface area (Å²) in [6, 6.07) is -0.697. The minimum atomic E-state index is -3.38. The van der Waals surface area contributed by atoms with Crippen LogP contribution in [0.2, 0.25) is 0 Å². The van der Waals surface area contributed by atoms with Gasteiger partial charge in [0.05, 0.1) is 6.61 Å². The highest BCUT2D eigenvalue weighted by molar-refractivity contribution is 7.54. The molecule has 0 aliphatic carbocycles. The lowest BCUT2D eigenvalue weighted by molar-refractivity contribution is -0.0918. The van der Waals surface area contributed by atoms with E-state index in [2.05, 4.69) is 10.4 Å². The van der Waals surface area contributed by atoms with Gasteiger partial charge >= 0.3 is 13.7 Å². The Morgan fingerprint density at radius 3 is 2.60 bits per heavy atom. The van der Waals surface area contributed by atoms with E-state index in [1.807, 2.05) is 0 Å². The van der Waals surface area contributed by atoms with Gasteiger partial charge in [0.1, 0.15) is 6.17 Å². The van der Waals surface area contributed by atoms with Crippen molar-refractivity contribution in [3.8, 4) is 0 Å². The van der Waals surface area contributed by atoms with Crippen LogP contribution in [0.1, 0.15) is 6.42 Å². The third-order valence-corrected chi connectivity index (χ3v) is 5.38. The fraction of sp³-hybridized carbons (Fsp3) is 0.889. The maximum atomic E-state index is 12.7. The molecule has 0 spiro atoms. The number of nitrogens with one attached hydrogen (secondary N) is 2. The third kappa shape index (κ3) is 4.46. The van der Waals surface area contributed by atoms with Gasteiger partial charge in [0.2, 0.25) is 0 Å². The summed E-state index contributed by atoms with van der Waals surface area (Å²) in [4.78, 5) is 11.4. The zero-order chi connectivity index (χ0) is 15.2. The summed E-state index contributed by atoms with van der Waals surface area (Å²) in [7, 11) is -2.00. The molecule has 11 heteroatoms. The van der Waals surface area contributed by atoms with E-state index in [0.717, 1.165) is 0 Å². The summed E-state index contributed by atoms with van der Waals surface area (Å²) in [6.07, 6.45) is -0.494. The van der Waals surface area contributed by atoms with Gasteiger partial charge in [0.25, 0.3) is 0 Å². The highest BCUT2D eigenvalue weighted by atomic mass is 35.5. The molecule has 1 aliphatic heterocycles. The molecule has 1 fully saturated rings. The van der Waals surface area contributed by atoms with Gasteiger partial charge in [-0.15, -0.1) is 23.2 Å². The predicted molar refractivity (Wildman–Crippen MR) is 76.2 cm³/mol. The van der Waals surface area contributed by atoms with Crippen LogP contribution in [-0.4, -0.2) is 65.6 Å². The van der Waals surface area contributed by atoms with Crippen LogP contribution in [0.4, 0.5) is 4.79 Å². The average Bonchev–Trinajstić information content (AvgIpc) is 2.45. The van der Waals surface area contributed by atoms with Crippen molar-refractivity contribution in [2.45, 2.75) is 12.6 Å². The van der Waals surface area contributed by atoms with Crippen LogP contribution in [0.15, 0.2) is 0 Å². The molecule has 0 saturated carbocycles. The second-order valence-electron chi connectivity index (χ2n) is 4.02. The number of carbonyl (C=O) groups excluding carboxylic acids is 1. The Kier molecular flexibility index (Phi) is 7.53. The van der Waals surface area contributed by atoms with E-state index >= 15 is 0 Å². The largest absolute Gasteiger partial charge is 0.345 e. The van der Waals surface area contributed by atoms with Crippen molar-refractivity contribution < 1.29 is 19.1 Å². The molecule has 2 unspecified atom stereocenters. The van der Waals surface area contributed by atoms with Crippen molar-refractivity contribution in [2.24, 2.45) is 0 Å². The lowest BCUT2D eigenvalue weighted by Crippen LogP contribution is -2.53. The standard InChI is InChI=1S/C9H19Cl2N4O4P/c1-12-9(16)15(17)8-2-7-19-20(18,13-8)14(5-3-10)6-4-11/h8,17H,2-7H2,1H3,(H,12,16)(H,13,18). The van der Waals surface area contributed by atoms with Crippen molar-refractivity contribution in [3.63, 3.8) is 0 Å². The molecule has 1 saturated heterocycles. The van der Waals surface area contributed by atoms with Crippen LogP contribution in [0.25, 0.3) is 0 Å². The molecule has 0 aromatic carbocycles. The lowest BCUT2D eigenvalue weighted by Gasteiger charge is -2.38. The normalized spacial score (nSPS) is 26.6. The van der Waals surface area contributed by atoms with Crippen molar-refractivity contribution in [2.75, 3.05) is 38.5 Å². The topological polar surface area (TPSA) is 94.1 Å². The molecule has 1 rings (SSSR count). The second kappa shape index (κ2) is 8.38. The fourth-order valence-electron chi connectivity index (χ4n) is 1.74. The van der Waals surface area contributed by atoms with Gasteiger partial charge in [-0.25, -0.2) is 14.6 Å². The summed E-state index contributed by atoms with van der Waals surface area (Å²) < 4.78 is 19.6. The molecular weight excluding hydrogens is 330 g/mol. The summed E-state index contributed by atoms with van der Waals surface area (Å²) in [6.45, 7) is 0.775. The number of halogens is 2. The van der Waals surface area contributed by atoms with E-state index < -0.39 is 19.9 Å². The number of alkyl halides is 2. The van der Waals surface area contributed by atoms with E-state index in [0.29, 0.717) is 24.6 Å². The molecule has 0 radical (unpaired) electrons. The number of hydrogen-bond acceptors (Lipinski definition) is 4. The Bertz CT molecular complexity index is 370. The number of hydroxylamine groups is 2. The molecule has 0 aromatic heterocycles. The van der Waals surface area contributed by atoms with Crippen LogP contribution in [-0.2, 0) is 9.09 Å². The van der Waals surface area contributed by atoms with Crippen molar-refractivity contribution in [1.29, 1.82) is 0 Å². The number of amides is 2. The Balaban J connectivity index is 2.79. The first-order chi connectivity index (χ1) is 9.48. The Morgan fingerprint density at radius 2 is 2.10 bits per heavy atom. The third-order valence-electron chi connectivity index (χ3n) is 2.74. The molecule has 1 aliphatic rings. The van der Waals surface area contributed by atoms with E-state index in [9.17, 15) is 14.6 Å². The molecule has 0 aromatic rings. The Morgan fingerprint density at radius 1 is 1.50 bits per heavy atom. The first kappa shape index (κ1) is 18.0. The quantitative estimate of drug-likeness (QED) is 0.289. The molecule has 20 heavy (non-hydrogen) atoms. The van der Waals surface area contributed by atoms with E-state index in [-0.39, 0.29) is 18.4 Å². The van der Waals surface area contributed by atoms with Gasteiger partial charge in [-0.05, 0) is 0 Å². The number of rotatable bonds is 6. The number of urea groups is 1. The molecule has 8 nitrogen and oxygen atoms in total. The highest BCUT2D eigenvalue weighted by Gasteiger charge is 2.40. The van der Waals surface area contributed by atoms with Crippen LogP contribution < -0.4 is 10.4 Å². The summed E-state index contributed by atoms with van der Waals surface area (Å²) >= 11 is 11.3. The number of hydrogen-bond donors (Lipinski definition) is 3. The predicted octanol–water partition coefficient (Wildman–Crippen LogP) is 1.24. The number of carbonyl (C=O) groups is 1. The molecular formula is C9H19Cl2N4O4P. The maximum absolute atomic E-state index is 12.7. The van der Waals surface area contributed by atoms with Gasteiger partial charge in [-0.3, -0.25) is 9.77 Å². The maximum Gasteiger partial charge on any atom is 0.345 e. The smallest absolute Gasteiger partial charge is 0.339 e. The lowest BCUT2D eigenvalue weighted by atomic mass is 10.3. The van der Waals surface area contributed by atoms with Gasteiger partial charge in [0, 0.05) is 38.3 Å². The Labute approximate surface area is 127 Å². The Hall–Kier alpha value is -0.0800. The van der Waals surface area contributed by atoms with E-state index in [1.165, 1.54) is 11.7 Å². The van der Waals surface area contributed by atoms with Gasteiger partial charge in [0.15, 0.2) is 0 Å². The summed E-state index contributed by atoms with van der Waals surface area (Å²) in [5, 5.41) is 15.1. The van der Waals surface area contributed by atoms with Crippen LogP contribution >= 0.6 is 30.9 Å². The summed E-state index contributed by atoms with van der Waals surface area (Å²) in [5.74, 6) is 0.518. The van der Waals surface area contributed by atoms with Gasteiger partial charge < -0.3 is 9.84 Å². The molecule has 2 amide bonds.